The third-order valence-corrected chi connectivity index (χ3v) is 2.39. The van der Waals surface area contributed by atoms with Gasteiger partial charge in [-0.15, -0.1) is 0 Å². The van der Waals surface area contributed by atoms with E-state index >= 15 is 0 Å². The Kier molecular flexibility index (Phi) is 2.98. The van der Waals surface area contributed by atoms with Crippen LogP contribution in [0.15, 0.2) is 12.3 Å². The molecule has 1 fully saturated rings. The molecule has 13 heavy (non-hydrogen) atoms. The average Bonchev–Trinajstić information content (AvgIpc) is 2.03. The van der Waals surface area contributed by atoms with E-state index in [2.05, 4.69) is 11.5 Å². The lowest BCUT2D eigenvalue weighted by atomic mass is 10.0. The molecule has 0 aliphatic carbocycles. The van der Waals surface area contributed by atoms with Crippen molar-refractivity contribution in [3.05, 3.63) is 12.3 Å². The van der Waals surface area contributed by atoms with Gasteiger partial charge in [-0.25, -0.2) is 0 Å². The molecule has 0 saturated carbocycles. The molecule has 0 aromatic heterocycles. The van der Waals surface area contributed by atoms with Crippen molar-refractivity contribution in [3.8, 4) is 0 Å². The molecule has 3 nitrogen and oxygen atoms in total. The van der Waals surface area contributed by atoms with Crippen LogP contribution in [-0.4, -0.2) is 41.4 Å². The van der Waals surface area contributed by atoms with E-state index in [1.165, 1.54) is 0 Å². The van der Waals surface area contributed by atoms with Crippen LogP contribution in [-0.2, 0) is 4.74 Å². The number of hydrogen-bond acceptors (Lipinski definition) is 3. The fraction of sp³-hybridized carbons (Fsp3) is 0.800. The highest BCUT2D eigenvalue weighted by Gasteiger charge is 2.32. The first kappa shape index (κ1) is 10.5. The molecule has 0 spiro atoms. The first-order valence-corrected chi connectivity index (χ1v) is 4.65. The predicted octanol–water partition coefficient (Wildman–Crippen LogP) is 0.992. The second-order valence-corrected chi connectivity index (χ2v) is 4.19. The van der Waals surface area contributed by atoms with Crippen molar-refractivity contribution in [2.24, 2.45) is 0 Å². The van der Waals surface area contributed by atoms with Gasteiger partial charge in [0, 0.05) is 18.8 Å². The smallest absolute Gasteiger partial charge is 0.103 e. The molecule has 0 aromatic rings. The maximum Gasteiger partial charge on any atom is 0.103 e. The second-order valence-electron chi connectivity index (χ2n) is 4.19. The van der Waals surface area contributed by atoms with Crippen molar-refractivity contribution >= 4 is 0 Å². The second kappa shape index (κ2) is 3.68. The van der Waals surface area contributed by atoms with Gasteiger partial charge in [-0.05, 0) is 20.8 Å². The molecule has 1 heterocycles. The van der Waals surface area contributed by atoms with Crippen LogP contribution in [0.4, 0.5) is 0 Å². The molecule has 0 aromatic carbocycles. The maximum atomic E-state index is 9.76. The summed E-state index contributed by atoms with van der Waals surface area (Å²) in [5, 5.41) is 9.76. The topological polar surface area (TPSA) is 32.7 Å². The van der Waals surface area contributed by atoms with Gasteiger partial charge in [-0.3, -0.25) is 0 Å². The minimum Gasteiger partial charge on any atom is -0.388 e. The van der Waals surface area contributed by atoms with Crippen LogP contribution in [0.1, 0.15) is 20.8 Å². The van der Waals surface area contributed by atoms with E-state index in [4.69, 9.17) is 4.74 Å². The Labute approximate surface area is 80.0 Å². The van der Waals surface area contributed by atoms with Gasteiger partial charge in [0.05, 0.1) is 12.2 Å². The molecule has 1 rings (SSSR count). The van der Waals surface area contributed by atoms with Gasteiger partial charge in [0.1, 0.15) is 6.10 Å². The normalized spacial score (nSPS) is 24.6. The summed E-state index contributed by atoms with van der Waals surface area (Å²) in [5.74, 6) is 0. The van der Waals surface area contributed by atoms with Gasteiger partial charge in [-0.2, -0.15) is 0 Å². The molecule has 0 bridgehead atoms. The number of hydrogen-bond donors (Lipinski definition) is 1. The third-order valence-electron chi connectivity index (χ3n) is 2.39. The Hall–Kier alpha value is -0.540. The van der Waals surface area contributed by atoms with Crippen LogP contribution in [0.5, 0.6) is 0 Å². The van der Waals surface area contributed by atoms with Crippen molar-refractivity contribution < 1.29 is 9.84 Å². The van der Waals surface area contributed by atoms with E-state index in [0.717, 1.165) is 18.8 Å². The van der Waals surface area contributed by atoms with E-state index in [9.17, 15) is 5.11 Å². The van der Waals surface area contributed by atoms with Gasteiger partial charge in [-0.1, -0.05) is 6.58 Å². The lowest BCUT2D eigenvalue weighted by Gasteiger charge is -2.39. The quantitative estimate of drug-likeness (QED) is 0.696. The van der Waals surface area contributed by atoms with Crippen molar-refractivity contribution in [3.63, 3.8) is 0 Å². The summed E-state index contributed by atoms with van der Waals surface area (Å²) in [6.45, 7) is 11.7. The van der Waals surface area contributed by atoms with E-state index in [-0.39, 0.29) is 6.10 Å². The van der Waals surface area contributed by atoms with Crippen LogP contribution in [0.3, 0.4) is 0 Å². The summed E-state index contributed by atoms with van der Waals surface area (Å²) < 4.78 is 5.49. The van der Waals surface area contributed by atoms with Crippen LogP contribution in [0, 0.1) is 0 Å². The molecule has 76 valence electrons. The van der Waals surface area contributed by atoms with Crippen molar-refractivity contribution in [1.82, 2.24) is 4.90 Å². The molecule has 0 radical (unpaired) electrons. The summed E-state index contributed by atoms with van der Waals surface area (Å²) in [5.41, 5.74) is 0.270. The number of morpholine rings is 1. The minimum absolute atomic E-state index is 0.113. The summed E-state index contributed by atoms with van der Waals surface area (Å²) in [6.07, 6.45) is -0.113. The molecule has 1 aliphatic heterocycles. The minimum atomic E-state index is -0.770. The SMILES string of the molecule is C=C(C)N1CCOC(C(C)(C)O)C1. The fourth-order valence-corrected chi connectivity index (χ4v) is 1.42. The Morgan fingerprint density at radius 2 is 2.23 bits per heavy atom. The molecule has 3 heteroatoms. The molecule has 0 amide bonds. The first-order chi connectivity index (χ1) is 5.91. The predicted molar refractivity (Wildman–Crippen MR) is 52.4 cm³/mol. The molecule has 1 aliphatic rings. The lowest BCUT2D eigenvalue weighted by molar-refractivity contribution is -0.121. The number of rotatable bonds is 2. The summed E-state index contributed by atoms with van der Waals surface area (Å²) in [6, 6.07) is 0. The summed E-state index contributed by atoms with van der Waals surface area (Å²) >= 11 is 0. The van der Waals surface area contributed by atoms with Crippen LogP contribution < -0.4 is 0 Å². The lowest BCUT2D eigenvalue weighted by Crippen LogP contribution is -2.51. The summed E-state index contributed by atoms with van der Waals surface area (Å²) in [4.78, 5) is 2.14. The van der Waals surface area contributed by atoms with Gasteiger partial charge >= 0.3 is 0 Å². The number of nitrogens with zero attached hydrogens (tertiary/aromatic N) is 1. The van der Waals surface area contributed by atoms with E-state index in [0.29, 0.717) is 6.61 Å². The van der Waals surface area contributed by atoms with Crippen molar-refractivity contribution in [2.45, 2.75) is 32.5 Å². The number of allylic oxidation sites excluding steroid dienone is 1. The maximum absolute atomic E-state index is 9.76. The van der Waals surface area contributed by atoms with E-state index < -0.39 is 5.60 Å². The van der Waals surface area contributed by atoms with Gasteiger partial charge < -0.3 is 14.7 Å². The van der Waals surface area contributed by atoms with Gasteiger partial charge in [0.15, 0.2) is 0 Å². The van der Waals surface area contributed by atoms with Crippen LogP contribution in [0.2, 0.25) is 0 Å². The zero-order valence-electron chi connectivity index (χ0n) is 8.71. The highest BCUT2D eigenvalue weighted by atomic mass is 16.5. The molecule has 1 unspecified atom stereocenters. The molecular formula is C10H19NO2. The number of aliphatic hydroxyl groups is 1. The standard InChI is InChI=1S/C10H19NO2/c1-8(2)11-5-6-13-9(7-11)10(3,4)12/h9,12H,1,5-7H2,2-4H3. The van der Waals surface area contributed by atoms with Crippen molar-refractivity contribution in [1.29, 1.82) is 0 Å². The molecule has 1 atom stereocenters. The molecular weight excluding hydrogens is 166 g/mol. The Balaban J connectivity index is 2.57. The van der Waals surface area contributed by atoms with Gasteiger partial charge in [0.2, 0.25) is 0 Å². The highest BCUT2D eigenvalue weighted by molar-refractivity contribution is 4.94. The van der Waals surface area contributed by atoms with E-state index in [1.807, 2.05) is 6.92 Å². The zero-order chi connectivity index (χ0) is 10.1. The van der Waals surface area contributed by atoms with Crippen LogP contribution in [0.25, 0.3) is 0 Å². The Morgan fingerprint density at radius 3 is 2.69 bits per heavy atom. The monoisotopic (exact) mass is 185 g/mol. The van der Waals surface area contributed by atoms with E-state index in [1.54, 1.807) is 13.8 Å². The summed E-state index contributed by atoms with van der Waals surface area (Å²) in [7, 11) is 0. The average molecular weight is 185 g/mol. The largest absolute Gasteiger partial charge is 0.388 e. The third kappa shape index (κ3) is 2.71. The van der Waals surface area contributed by atoms with Crippen LogP contribution >= 0.6 is 0 Å². The first-order valence-electron chi connectivity index (χ1n) is 4.65. The van der Waals surface area contributed by atoms with Gasteiger partial charge in [0.25, 0.3) is 0 Å². The highest BCUT2D eigenvalue weighted by Crippen LogP contribution is 2.19. The molecule has 1 saturated heterocycles. The fourth-order valence-electron chi connectivity index (χ4n) is 1.42. The molecule has 1 N–H and O–H groups in total. The number of ether oxygens (including phenoxy) is 1. The van der Waals surface area contributed by atoms with Crippen molar-refractivity contribution in [2.75, 3.05) is 19.7 Å². The zero-order valence-corrected chi connectivity index (χ0v) is 8.71. The Bertz CT molecular complexity index is 196. The Morgan fingerprint density at radius 1 is 1.62 bits per heavy atom.